The summed E-state index contributed by atoms with van der Waals surface area (Å²) in [7, 11) is 0. The molecule has 0 aliphatic heterocycles. The van der Waals surface area contributed by atoms with Crippen molar-refractivity contribution >= 4 is 17.5 Å². The molecule has 0 saturated heterocycles. The quantitative estimate of drug-likeness (QED) is 0.801. The summed E-state index contributed by atoms with van der Waals surface area (Å²) in [6.07, 6.45) is 1.84. The average molecular weight is 254 g/mol. The maximum Gasteiger partial charge on any atom is 0.251 e. The largest absolute Gasteiger partial charge is 0.350 e. The summed E-state index contributed by atoms with van der Waals surface area (Å²) in [5, 5.41) is 3.00. The first kappa shape index (κ1) is 14.0. The molecular weight excluding hydrogens is 234 g/mol. The average Bonchev–Trinajstić information content (AvgIpc) is 2.29. The van der Waals surface area contributed by atoms with Crippen LogP contribution in [0, 0.1) is 13.8 Å². The number of rotatable bonds is 5. The van der Waals surface area contributed by atoms with Crippen LogP contribution in [0.15, 0.2) is 18.2 Å². The maximum atomic E-state index is 12.0. The fraction of sp³-hybridized carbons (Fsp3) is 0.500. The summed E-state index contributed by atoms with van der Waals surface area (Å²) in [6, 6.07) is 5.97. The van der Waals surface area contributed by atoms with Gasteiger partial charge in [0.15, 0.2) is 0 Å². The number of carbonyl (C=O) groups is 1. The molecule has 1 aromatic rings. The lowest BCUT2D eigenvalue weighted by atomic mass is 10.0. The number of carbonyl (C=O) groups excluding carboxylic acids is 1. The first-order valence-corrected chi connectivity index (χ1v) is 6.52. The standard InChI is InChI=1S/C14H20ClNO/c1-10-6-4-8-13(12(10)3)14(17)16-11(2)7-5-9-15/h4,6,8,11H,5,7,9H2,1-3H3,(H,16,17). The lowest BCUT2D eigenvalue weighted by Crippen LogP contribution is -2.33. The third-order valence-corrected chi connectivity index (χ3v) is 3.26. The summed E-state index contributed by atoms with van der Waals surface area (Å²) in [6.45, 7) is 6.01. The van der Waals surface area contributed by atoms with Crippen LogP contribution in [-0.4, -0.2) is 17.8 Å². The van der Waals surface area contributed by atoms with E-state index in [1.165, 1.54) is 0 Å². The first-order valence-electron chi connectivity index (χ1n) is 5.99. The Hall–Kier alpha value is -1.02. The molecule has 0 heterocycles. The number of alkyl halides is 1. The van der Waals surface area contributed by atoms with Crippen molar-refractivity contribution in [2.24, 2.45) is 0 Å². The molecule has 0 saturated carbocycles. The Morgan fingerprint density at radius 1 is 1.41 bits per heavy atom. The van der Waals surface area contributed by atoms with E-state index in [9.17, 15) is 4.79 Å². The van der Waals surface area contributed by atoms with E-state index in [-0.39, 0.29) is 11.9 Å². The molecule has 0 fully saturated rings. The number of halogens is 1. The number of nitrogens with one attached hydrogen (secondary N) is 1. The monoisotopic (exact) mass is 253 g/mol. The highest BCUT2D eigenvalue weighted by atomic mass is 35.5. The van der Waals surface area contributed by atoms with Gasteiger partial charge < -0.3 is 5.32 Å². The van der Waals surface area contributed by atoms with E-state index in [1.54, 1.807) is 0 Å². The van der Waals surface area contributed by atoms with Gasteiger partial charge in [0.25, 0.3) is 5.91 Å². The van der Waals surface area contributed by atoms with Crippen LogP contribution in [-0.2, 0) is 0 Å². The fourth-order valence-corrected chi connectivity index (χ4v) is 1.91. The van der Waals surface area contributed by atoms with Crippen molar-refractivity contribution in [1.29, 1.82) is 0 Å². The van der Waals surface area contributed by atoms with E-state index in [0.717, 1.165) is 29.5 Å². The van der Waals surface area contributed by atoms with Crippen molar-refractivity contribution in [2.45, 2.75) is 39.7 Å². The zero-order chi connectivity index (χ0) is 12.8. The molecule has 1 unspecified atom stereocenters. The normalized spacial score (nSPS) is 12.2. The van der Waals surface area contributed by atoms with Gasteiger partial charge in [0, 0.05) is 17.5 Å². The van der Waals surface area contributed by atoms with Crippen molar-refractivity contribution in [3.8, 4) is 0 Å². The Morgan fingerprint density at radius 2 is 2.12 bits per heavy atom. The van der Waals surface area contributed by atoms with Crippen molar-refractivity contribution in [3.05, 3.63) is 34.9 Å². The van der Waals surface area contributed by atoms with Crippen molar-refractivity contribution in [3.63, 3.8) is 0 Å². The van der Waals surface area contributed by atoms with Gasteiger partial charge in [-0.15, -0.1) is 11.6 Å². The summed E-state index contributed by atoms with van der Waals surface area (Å²) in [5.41, 5.74) is 2.96. The molecule has 0 bridgehead atoms. The van der Waals surface area contributed by atoms with E-state index in [0.29, 0.717) is 5.88 Å². The molecule has 0 aromatic heterocycles. The second kappa shape index (κ2) is 6.65. The zero-order valence-electron chi connectivity index (χ0n) is 10.7. The molecule has 17 heavy (non-hydrogen) atoms. The topological polar surface area (TPSA) is 29.1 Å². The van der Waals surface area contributed by atoms with Gasteiger partial charge in [-0.1, -0.05) is 12.1 Å². The van der Waals surface area contributed by atoms with Gasteiger partial charge in [-0.25, -0.2) is 0 Å². The highest BCUT2D eigenvalue weighted by Crippen LogP contribution is 2.13. The Kier molecular flexibility index (Phi) is 5.49. The second-order valence-electron chi connectivity index (χ2n) is 4.45. The van der Waals surface area contributed by atoms with Crippen molar-refractivity contribution in [1.82, 2.24) is 5.32 Å². The Bertz CT molecular complexity index is 390. The minimum Gasteiger partial charge on any atom is -0.350 e. The molecule has 1 amide bonds. The van der Waals surface area contributed by atoms with Crippen LogP contribution < -0.4 is 5.32 Å². The Labute approximate surface area is 108 Å². The summed E-state index contributed by atoms with van der Waals surface area (Å²) >= 11 is 5.63. The number of hydrogen-bond donors (Lipinski definition) is 1. The summed E-state index contributed by atoms with van der Waals surface area (Å²) < 4.78 is 0. The number of benzene rings is 1. The van der Waals surface area contributed by atoms with Crippen LogP contribution in [0.4, 0.5) is 0 Å². The molecule has 0 aliphatic carbocycles. The predicted molar refractivity (Wildman–Crippen MR) is 72.8 cm³/mol. The Balaban J connectivity index is 2.67. The predicted octanol–water partition coefficient (Wildman–Crippen LogP) is 3.44. The molecular formula is C14H20ClNO. The number of amides is 1. The van der Waals surface area contributed by atoms with E-state index in [4.69, 9.17) is 11.6 Å². The highest BCUT2D eigenvalue weighted by molar-refractivity contribution is 6.17. The van der Waals surface area contributed by atoms with Crippen LogP contribution in [0.2, 0.25) is 0 Å². The molecule has 1 aromatic carbocycles. The van der Waals surface area contributed by atoms with Gasteiger partial charge >= 0.3 is 0 Å². The van der Waals surface area contributed by atoms with Crippen LogP contribution in [0.25, 0.3) is 0 Å². The van der Waals surface area contributed by atoms with Crippen LogP contribution >= 0.6 is 11.6 Å². The molecule has 1 rings (SSSR count). The van der Waals surface area contributed by atoms with E-state index >= 15 is 0 Å². The highest BCUT2D eigenvalue weighted by Gasteiger charge is 2.12. The lowest BCUT2D eigenvalue weighted by Gasteiger charge is -2.15. The second-order valence-corrected chi connectivity index (χ2v) is 4.83. The zero-order valence-corrected chi connectivity index (χ0v) is 11.5. The number of hydrogen-bond acceptors (Lipinski definition) is 1. The van der Waals surface area contributed by atoms with Gasteiger partial charge in [-0.2, -0.15) is 0 Å². The van der Waals surface area contributed by atoms with Crippen molar-refractivity contribution < 1.29 is 4.79 Å². The third-order valence-electron chi connectivity index (χ3n) is 3.00. The lowest BCUT2D eigenvalue weighted by molar-refractivity contribution is 0.0937. The van der Waals surface area contributed by atoms with Gasteiger partial charge in [0.05, 0.1) is 0 Å². The molecule has 94 valence electrons. The summed E-state index contributed by atoms with van der Waals surface area (Å²) in [4.78, 5) is 12.0. The molecule has 1 N–H and O–H groups in total. The van der Waals surface area contributed by atoms with Crippen LogP contribution in [0.1, 0.15) is 41.3 Å². The van der Waals surface area contributed by atoms with Crippen LogP contribution in [0.5, 0.6) is 0 Å². The molecule has 1 atom stereocenters. The van der Waals surface area contributed by atoms with Gasteiger partial charge in [0.2, 0.25) is 0 Å². The minimum atomic E-state index is 0.00766. The Morgan fingerprint density at radius 3 is 2.76 bits per heavy atom. The van der Waals surface area contributed by atoms with Crippen molar-refractivity contribution in [2.75, 3.05) is 5.88 Å². The fourth-order valence-electron chi connectivity index (χ4n) is 1.75. The molecule has 0 aliphatic rings. The van der Waals surface area contributed by atoms with Gasteiger partial charge in [0.1, 0.15) is 0 Å². The van der Waals surface area contributed by atoms with E-state index in [2.05, 4.69) is 5.32 Å². The maximum absolute atomic E-state index is 12.0. The molecule has 0 spiro atoms. The van der Waals surface area contributed by atoms with Gasteiger partial charge in [-0.3, -0.25) is 4.79 Å². The molecule has 3 heteroatoms. The molecule has 2 nitrogen and oxygen atoms in total. The van der Waals surface area contributed by atoms with Gasteiger partial charge in [-0.05, 0) is 50.8 Å². The number of aryl methyl sites for hydroxylation is 1. The first-order chi connectivity index (χ1) is 8.06. The minimum absolute atomic E-state index is 0.00766. The van der Waals surface area contributed by atoms with E-state index in [1.807, 2.05) is 39.0 Å². The summed E-state index contributed by atoms with van der Waals surface area (Å²) in [5.74, 6) is 0.650. The third kappa shape index (κ3) is 4.04. The smallest absolute Gasteiger partial charge is 0.251 e. The van der Waals surface area contributed by atoms with E-state index < -0.39 is 0 Å². The van der Waals surface area contributed by atoms with Crippen LogP contribution in [0.3, 0.4) is 0 Å². The SMILES string of the molecule is Cc1cccc(C(=O)NC(C)CCCCl)c1C. The molecule has 0 radical (unpaired) electrons.